The van der Waals surface area contributed by atoms with Gasteiger partial charge in [-0.15, -0.1) is 0 Å². The van der Waals surface area contributed by atoms with Gasteiger partial charge in [-0.25, -0.2) is 9.18 Å². The van der Waals surface area contributed by atoms with Crippen LogP contribution in [0.15, 0.2) is 17.7 Å². The highest BCUT2D eigenvalue weighted by Crippen LogP contribution is 2.35. The first-order chi connectivity index (χ1) is 8.65. The number of carbonyl (C=O) groups excluding carboxylic acids is 1. The molecule has 1 aliphatic carbocycles. The van der Waals surface area contributed by atoms with E-state index in [1.54, 1.807) is 13.0 Å². The maximum atomic E-state index is 13.3. The first-order valence-electron chi connectivity index (χ1n) is 5.83. The molecule has 1 aromatic carbocycles. The number of benzene rings is 1. The molecule has 0 heterocycles. The fraction of sp³-hybridized carbons (Fsp3) is 0.357. The highest BCUT2D eigenvalue weighted by atomic mass is 19.1. The summed E-state index contributed by atoms with van der Waals surface area (Å²) in [4.78, 5) is 10.8. The van der Waals surface area contributed by atoms with Crippen LogP contribution in [0, 0.1) is 30.0 Å². The van der Waals surface area contributed by atoms with E-state index in [9.17, 15) is 9.18 Å². The Bertz CT molecular complexity index is 564. The average molecular weight is 244 g/mol. The van der Waals surface area contributed by atoms with Crippen molar-refractivity contribution in [2.45, 2.75) is 19.8 Å². The molecule has 3 nitrogen and oxygen atoms in total. The Balaban J connectivity index is 2.14. The summed E-state index contributed by atoms with van der Waals surface area (Å²) in [5, 5.41) is 11.8. The van der Waals surface area contributed by atoms with Crippen LogP contribution >= 0.6 is 0 Å². The zero-order valence-electron chi connectivity index (χ0n) is 10.1. The van der Waals surface area contributed by atoms with E-state index in [1.807, 2.05) is 5.94 Å². The van der Waals surface area contributed by atoms with Gasteiger partial charge in [0, 0.05) is 17.8 Å². The van der Waals surface area contributed by atoms with Crippen LogP contribution in [-0.4, -0.2) is 12.5 Å². The van der Waals surface area contributed by atoms with Gasteiger partial charge in [0.15, 0.2) is 0 Å². The normalized spacial score (nSPS) is 13.6. The van der Waals surface area contributed by atoms with E-state index < -0.39 is 5.82 Å². The van der Waals surface area contributed by atoms with Crippen molar-refractivity contribution in [1.29, 1.82) is 5.26 Å². The van der Waals surface area contributed by atoms with E-state index in [0.29, 0.717) is 23.7 Å². The van der Waals surface area contributed by atoms with Crippen molar-refractivity contribution in [2.75, 3.05) is 11.9 Å². The van der Waals surface area contributed by atoms with Gasteiger partial charge < -0.3 is 5.32 Å². The van der Waals surface area contributed by atoms with E-state index in [4.69, 9.17) is 5.26 Å². The molecule has 0 radical (unpaired) electrons. The molecule has 18 heavy (non-hydrogen) atoms. The van der Waals surface area contributed by atoms with E-state index in [0.717, 1.165) is 18.4 Å². The lowest BCUT2D eigenvalue weighted by Crippen LogP contribution is -2.08. The van der Waals surface area contributed by atoms with Crippen LogP contribution in [0.5, 0.6) is 0 Å². The van der Waals surface area contributed by atoms with Gasteiger partial charge >= 0.3 is 0 Å². The predicted octanol–water partition coefficient (Wildman–Crippen LogP) is 2.59. The number of nitriles is 1. The summed E-state index contributed by atoms with van der Waals surface area (Å²) in [6.45, 7) is 2.17. The molecule has 0 saturated heterocycles. The standard InChI is InChI=1S/C14H13FN2O/c1-9-4-13(15)11(6-16)5-14(9)17-7-12(8-18)10-2-3-10/h4-5,10,17H,2-3,7H2,1H3. The van der Waals surface area contributed by atoms with Crippen molar-refractivity contribution >= 4 is 11.6 Å². The molecule has 1 N–H and O–H groups in total. The molecule has 1 aliphatic rings. The minimum absolute atomic E-state index is 0.00570. The monoisotopic (exact) mass is 244 g/mol. The minimum Gasteiger partial charge on any atom is -0.380 e. The fourth-order valence-electron chi connectivity index (χ4n) is 1.83. The Kier molecular flexibility index (Phi) is 3.45. The Labute approximate surface area is 105 Å². The lowest BCUT2D eigenvalue weighted by atomic mass is 10.1. The van der Waals surface area contributed by atoms with Gasteiger partial charge in [0.25, 0.3) is 0 Å². The SMILES string of the molecule is Cc1cc(F)c(C#N)cc1NCC(=C=O)C1CC1. The van der Waals surface area contributed by atoms with Gasteiger partial charge in [-0.1, -0.05) is 0 Å². The molecule has 0 aliphatic heterocycles. The zero-order chi connectivity index (χ0) is 13.1. The van der Waals surface area contributed by atoms with Gasteiger partial charge in [0.2, 0.25) is 0 Å². The van der Waals surface area contributed by atoms with Crippen LogP contribution < -0.4 is 5.32 Å². The third-order valence-corrected chi connectivity index (χ3v) is 3.11. The summed E-state index contributed by atoms with van der Waals surface area (Å²) in [6.07, 6.45) is 2.08. The Hall–Kier alpha value is -2.11. The van der Waals surface area contributed by atoms with Crippen molar-refractivity contribution in [3.8, 4) is 6.07 Å². The number of hydrogen-bond acceptors (Lipinski definition) is 3. The smallest absolute Gasteiger partial charge is 0.141 e. The largest absolute Gasteiger partial charge is 0.380 e. The summed E-state index contributed by atoms with van der Waals surface area (Å²) >= 11 is 0. The summed E-state index contributed by atoms with van der Waals surface area (Å²) in [7, 11) is 0. The van der Waals surface area contributed by atoms with Gasteiger partial charge in [0.05, 0.1) is 5.56 Å². The molecule has 0 atom stereocenters. The number of hydrogen-bond donors (Lipinski definition) is 1. The van der Waals surface area contributed by atoms with Gasteiger partial charge in [-0.2, -0.15) is 5.26 Å². The number of halogens is 1. The maximum absolute atomic E-state index is 13.3. The topological polar surface area (TPSA) is 52.9 Å². The number of aryl methyl sites for hydroxylation is 1. The molecule has 2 rings (SSSR count). The highest BCUT2D eigenvalue weighted by Gasteiger charge is 2.26. The number of nitrogens with one attached hydrogen (secondary N) is 1. The van der Waals surface area contributed by atoms with Crippen LogP contribution in [0.4, 0.5) is 10.1 Å². The first kappa shape index (κ1) is 12.3. The second kappa shape index (κ2) is 5.03. The van der Waals surface area contributed by atoms with Crippen molar-refractivity contribution in [2.24, 2.45) is 5.92 Å². The van der Waals surface area contributed by atoms with Crippen LogP contribution in [0.25, 0.3) is 0 Å². The number of anilines is 1. The highest BCUT2D eigenvalue weighted by molar-refractivity contribution is 5.60. The average Bonchev–Trinajstić information content (AvgIpc) is 3.17. The van der Waals surface area contributed by atoms with Crippen LogP contribution in [0.3, 0.4) is 0 Å². The maximum Gasteiger partial charge on any atom is 0.141 e. The third kappa shape index (κ3) is 2.58. The molecular weight excluding hydrogens is 231 g/mol. The Morgan fingerprint density at radius 2 is 2.28 bits per heavy atom. The lowest BCUT2D eigenvalue weighted by molar-refractivity contribution is 0.565. The van der Waals surface area contributed by atoms with Crippen molar-refractivity contribution in [3.63, 3.8) is 0 Å². The Morgan fingerprint density at radius 1 is 1.56 bits per heavy atom. The van der Waals surface area contributed by atoms with E-state index in [1.165, 1.54) is 12.1 Å². The second-order valence-corrected chi connectivity index (χ2v) is 4.51. The van der Waals surface area contributed by atoms with E-state index >= 15 is 0 Å². The minimum atomic E-state index is -0.520. The number of nitrogens with zero attached hydrogens (tertiary/aromatic N) is 1. The molecule has 4 heteroatoms. The summed E-state index contributed by atoms with van der Waals surface area (Å²) in [5.41, 5.74) is 2.12. The predicted molar refractivity (Wildman–Crippen MR) is 66.3 cm³/mol. The van der Waals surface area contributed by atoms with Crippen molar-refractivity contribution < 1.29 is 9.18 Å². The molecular formula is C14H13FN2O. The lowest BCUT2D eigenvalue weighted by Gasteiger charge is -2.10. The molecule has 1 fully saturated rings. The number of rotatable bonds is 4. The third-order valence-electron chi connectivity index (χ3n) is 3.11. The van der Waals surface area contributed by atoms with Gasteiger partial charge in [-0.3, -0.25) is 0 Å². The van der Waals surface area contributed by atoms with Crippen LogP contribution in [0.1, 0.15) is 24.0 Å². The van der Waals surface area contributed by atoms with E-state index in [2.05, 4.69) is 5.32 Å². The van der Waals surface area contributed by atoms with Gasteiger partial charge in [0.1, 0.15) is 17.8 Å². The summed E-state index contributed by atoms with van der Waals surface area (Å²) < 4.78 is 13.3. The molecule has 1 aromatic rings. The van der Waals surface area contributed by atoms with Crippen LogP contribution in [0.2, 0.25) is 0 Å². The van der Waals surface area contributed by atoms with E-state index in [-0.39, 0.29) is 5.56 Å². The molecule has 0 amide bonds. The molecule has 0 bridgehead atoms. The molecule has 1 saturated carbocycles. The quantitative estimate of drug-likeness (QED) is 0.828. The molecule has 0 spiro atoms. The van der Waals surface area contributed by atoms with Crippen molar-refractivity contribution in [1.82, 2.24) is 0 Å². The second-order valence-electron chi connectivity index (χ2n) is 4.51. The zero-order valence-corrected chi connectivity index (χ0v) is 10.1. The van der Waals surface area contributed by atoms with Gasteiger partial charge in [-0.05, 0) is 43.4 Å². The first-order valence-corrected chi connectivity index (χ1v) is 5.83. The Morgan fingerprint density at radius 3 is 2.83 bits per heavy atom. The molecule has 0 aromatic heterocycles. The summed E-state index contributed by atoms with van der Waals surface area (Å²) in [5.74, 6) is 1.79. The molecule has 92 valence electrons. The fourth-order valence-corrected chi connectivity index (χ4v) is 1.83. The van der Waals surface area contributed by atoms with Crippen LogP contribution in [-0.2, 0) is 4.79 Å². The molecule has 0 unspecified atom stereocenters. The van der Waals surface area contributed by atoms with Crippen molar-refractivity contribution in [3.05, 3.63) is 34.6 Å². The summed E-state index contributed by atoms with van der Waals surface area (Å²) in [6, 6.07) is 4.59.